The number of carbonyl (C=O) groups excluding carboxylic acids is 2. The highest BCUT2D eigenvalue weighted by atomic mass is 16.6. The highest BCUT2D eigenvalue weighted by Gasteiger charge is 2.13. The van der Waals surface area contributed by atoms with E-state index in [1.165, 1.54) is 25.4 Å². The van der Waals surface area contributed by atoms with Crippen molar-refractivity contribution in [1.29, 1.82) is 0 Å². The number of hydrogen-bond donors (Lipinski definition) is 0. The lowest BCUT2D eigenvalue weighted by Gasteiger charge is -2.17. The predicted molar refractivity (Wildman–Crippen MR) is 70.5 cm³/mol. The van der Waals surface area contributed by atoms with E-state index in [-0.39, 0.29) is 5.69 Å². The van der Waals surface area contributed by atoms with Gasteiger partial charge in [-0.3, -0.25) is 0 Å². The molecule has 0 spiro atoms. The second kappa shape index (κ2) is 6.13. The topological polar surface area (TPSA) is 65.5 Å². The number of nitrogens with zero attached hydrogens (tertiary/aromatic N) is 1. The molecule has 0 aromatic carbocycles. The number of aromatic nitrogens is 1. The monoisotopic (exact) mass is 263 g/mol. The number of hydrogen-bond acceptors (Lipinski definition) is 5. The molecule has 1 aromatic heterocycles. The Morgan fingerprint density at radius 2 is 1.95 bits per heavy atom. The molecular formula is C14H17NO4. The van der Waals surface area contributed by atoms with Crippen LogP contribution in [-0.4, -0.2) is 29.6 Å². The fraction of sp³-hybridized carbons (Fsp3) is 0.357. The molecule has 0 saturated heterocycles. The van der Waals surface area contributed by atoms with Gasteiger partial charge in [-0.1, -0.05) is 6.07 Å². The van der Waals surface area contributed by atoms with Crippen LogP contribution >= 0.6 is 0 Å². The van der Waals surface area contributed by atoms with Crippen LogP contribution in [0, 0.1) is 0 Å². The summed E-state index contributed by atoms with van der Waals surface area (Å²) in [5.41, 5.74) is 0.393. The Morgan fingerprint density at radius 1 is 1.26 bits per heavy atom. The maximum Gasteiger partial charge on any atom is 0.356 e. The molecule has 1 rings (SSSR count). The average Bonchev–Trinajstić information content (AvgIpc) is 2.34. The molecule has 0 bridgehead atoms. The largest absolute Gasteiger partial charge is 0.464 e. The molecule has 1 aromatic rings. The summed E-state index contributed by atoms with van der Waals surface area (Å²) >= 11 is 0. The number of ether oxygens (including phenoxy) is 2. The number of rotatable bonds is 3. The number of pyridine rings is 1. The van der Waals surface area contributed by atoms with Crippen molar-refractivity contribution in [3.05, 3.63) is 35.7 Å². The zero-order valence-electron chi connectivity index (χ0n) is 11.5. The van der Waals surface area contributed by atoms with Crippen LogP contribution in [0.2, 0.25) is 0 Å². The molecule has 1 heterocycles. The van der Waals surface area contributed by atoms with Gasteiger partial charge in [0, 0.05) is 12.3 Å². The molecule has 5 heteroatoms. The maximum atomic E-state index is 11.4. The molecule has 0 unspecified atom stereocenters. The number of carbonyl (C=O) groups is 2. The molecule has 0 N–H and O–H groups in total. The Balaban J connectivity index is 2.68. The summed E-state index contributed by atoms with van der Waals surface area (Å²) in [6, 6.07) is 3.20. The highest BCUT2D eigenvalue weighted by Crippen LogP contribution is 2.09. The third-order valence-electron chi connectivity index (χ3n) is 2.00. The van der Waals surface area contributed by atoms with Crippen molar-refractivity contribution in [2.45, 2.75) is 26.4 Å². The fourth-order valence-electron chi connectivity index (χ4n) is 1.23. The molecule has 0 atom stereocenters. The van der Waals surface area contributed by atoms with Gasteiger partial charge in [-0.15, -0.1) is 0 Å². The first kappa shape index (κ1) is 14.9. The second-order valence-corrected chi connectivity index (χ2v) is 4.84. The molecule has 0 fully saturated rings. The highest BCUT2D eigenvalue weighted by molar-refractivity contribution is 5.88. The zero-order valence-corrected chi connectivity index (χ0v) is 11.5. The van der Waals surface area contributed by atoms with E-state index in [2.05, 4.69) is 9.72 Å². The molecule has 0 aliphatic carbocycles. The third-order valence-corrected chi connectivity index (χ3v) is 2.00. The molecule has 0 radical (unpaired) electrons. The van der Waals surface area contributed by atoms with Crippen LogP contribution < -0.4 is 0 Å². The van der Waals surface area contributed by atoms with Gasteiger partial charge in [0.25, 0.3) is 0 Å². The first-order valence-corrected chi connectivity index (χ1v) is 5.77. The first-order chi connectivity index (χ1) is 8.81. The number of esters is 2. The molecule has 102 valence electrons. The lowest BCUT2D eigenvalue weighted by molar-refractivity contribution is -0.148. The van der Waals surface area contributed by atoms with Gasteiger partial charge in [0.15, 0.2) is 0 Å². The van der Waals surface area contributed by atoms with E-state index in [0.717, 1.165) is 0 Å². The van der Waals surface area contributed by atoms with Crippen LogP contribution in [0.25, 0.3) is 6.08 Å². The van der Waals surface area contributed by atoms with E-state index in [9.17, 15) is 9.59 Å². The van der Waals surface area contributed by atoms with Crippen molar-refractivity contribution in [3.63, 3.8) is 0 Å². The summed E-state index contributed by atoms with van der Waals surface area (Å²) < 4.78 is 9.65. The molecule has 0 aliphatic heterocycles. The van der Waals surface area contributed by atoms with Gasteiger partial charge >= 0.3 is 11.9 Å². The standard InChI is InChI=1S/C14H17NO4/c1-14(2,3)19-12(16)8-6-10-5-7-11(15-9-10)13(17)18-4/h5-9H,1-4H3. The molecular weight excluding hydrogens is 246 g/mol. The molecule has 19 heavy (non-hydrogen) atoms. The van der Waals surface area contributed by atoms with E-state index in [0.29, 0.717) is 5.56 Å². The minimum atomic E-state index is -0.519. The predicted octanol–water partition coefficient (Wildman–Crippen LogP) is 2.22. The van der Waals surface area contributed by atoms with Crippen molar-refractivity contribution in [2.75, 3.05) is 7.11 Å². The van der Waals surface area contributed by atoms with Gasteiger partial charge in [0.2, 0.25) is 0 Å². The molecule has 0 saturated carbocycles. The molecule has 0 aliphatic rings. The van der Waals surface area contributed by atoms with E-state index < -0.39 is 17.5 Å². The van der Waals surface area contributed by atoms with Crippen LogP contribution in [0.15, 0.2) is 24.4 Å². The van der Waals surface area contributed by atoms with Gasteiger partial charge < -0.3 is 9.47 Å². The van der Waals surface area contributed by atoms with Crippen LogP contribution in [-0.2, 0) is 14.3 Å². The second-order valence-electron chi connectivity index (χ2n) is 4.84. The lowest BCUT2D eigenvalue weighted by Crippen LogP contribution is -2.22. The van der Waals surface area contributed by atoms with Crippen molar-refractivity contribution in [2.24, 2.45) is 0 Å². The minimum Gasteiger partial charge on any atom is -0.464 e. The van der Waals surface area contributed by atoms with Crippen molar-refractivity contribution in [1.82, 2.24) is 4.98 Å². The van der Waals surface area contributed by atoms with Crippen molar-refractivity contribution >= 4 is 18.0 Å². The van der Waals surface area contributed by atoms with Gasteiger partial charge in [-0.25, -0.2) is 14.6 Å². The van der Waals surface area contributed by atoms with E-state index in [1.807, 2.05) is 0 Å². The summed E-state index contributed by atoms with van der Waals surface area (Å²) in [6.45, 7) is 5.39. The summed E-state index contributed by atoms with van der Waals surface area (Å²) in [4.78, 5) is 26.5. The maximum absolute atomic E-state index is 11.4. The van der Waals surface area contributed by atoms with E-state index in [1.54, 1.807) is 32.9 Å². The fourth-order valence-corrected chi connectivity index (χ4v) is 1.23. The molecule has 5 nitrogen and oxygen atoms in total. The first-order valence-electron chi connectivity index (χ1n) is 5.77. The Labute approximate surface area is 112 Å². The quantitative estimate of drug-likeness (QED) is 0.618. The number of methoxy groups -OCH3 is 1. The molecule has 0 amide bonds. The normalized spacial score (nSPS) is 11.4. The van der Waals surface area contributed by atoms with Gasteiger partial charge in [0.05, 0.1) is 7.11 Å². The minimum absolute atomic E-state index is 0.219. The summed E-state index contributed by atoms with van der Waals surface area (Å²) in [6.07, 6.45) is 4.37. The van der Waals surface area contributed by atoms with E-state index in [4.69, 9.17) is 4.74 Å². The van der Waals surface area contributed by atoms with Gasteiger partial charge in [0.1, 0.15) is 11.3 Å². The van der Waals surface area contributed by atoms with Crippen LogP contribution in [0.1, 0.15) is 36.8 Å². The van der Waals surface area contributed by atoms with Crippen LogP contribution in [0.3, 0.4) is 0 Å². The Kier molecular flexibility index (Phi) is 4.80. The summed E-state index contributed by atoms with van der Waals surface area (Å²) in [5, 5.41) is 0. The van der Waals surface area contributed by atoms with Crippen molar-refractivity contribution < 1.29 is 19.1 Å². The smallest absolute Gasteiger partial charge is 0.356 e. The third kappa shape index (κ3) is 5.33. The van der Waals surface area contributed by atoms with Crippen LogP contribution in [0.4, 0.5) is 0 Å². The zero-order chi connectivity index (χ0) is 14.5. The van der Waals surface area contributed by atoms with Gasteiger partial charge in [-0.05, 0) is 38.5 Å². The Morgan fingerprint density at radius 3 is 2.42 bits per heavy atom. The van der Waals surface area contributed by atoms with E-state index >= 15 is 0 Å². The summed E-state index contributed by atoms with van der Waals surface area (Å²) in [5.74, 6) is -0.924. The van der Waals surface area contributed by atoms with Crippen molar-refractivity contribution in [3.8, 4) is 0 Å². The summed E-state index contributed by atoms with van der Waals surface area (Å²) in [7, 11) is 1.29. The average molecular weight is 263 g/mol. The Bertz CT molecular complexity index is 483. The van der Waals surface area contributed by atoms with Gasteiger partial charge in [-0.2, -0.15) is 0 Å². The Hall–Kier alpha value is -2.17. The lowest BCUT2D eigenvalue weighted by atomic mass is 10.2. The SMILES string of the molecule is COC(=O)c1ccc(C=CC(=O)OC(C)(C)C)cn1. The van der Waals surface area contributed by atoms with Crippen LogP contribution in [0.5, 0.6) is 0 Å².